The lowest BCUT2D eigenvalue weighted by molar-refractivity contribution is -0.127. The van der Waals surface area contributed by atoms with E-state index in [4.69, 9.17) is 0 Å². The zero-order valence-electron chi connectivity index (χ0n) is 17.9. The lowest BCUT2D eigenvalue weighted by atomic mass is 9.87. The van der Waals surface area contributed by atoms with E-state index < -0.39 is 0 Å². The molecule has 158 valence electrons. The van der Waals surface area contributed by atoms with Crippen LogP contribution in [-0.4, -0.2) is 46.3 Å². The Morgan fingerprint density at radius 1 is 0.964 bits per heavy atom. The molecule has 2 rings (SSSR count). The predicted octanol–water partition coefficient (Wildman–Crippen LogP) is 3.03. The first-order valence-electron chi connectivity index (χ1n) is 10.7. The molecular weight excluding hydrogens is 354 g/mol. The Morgan fingerprint density at radius 3 is 2.00 bits per heavy atom. The maximum atomic E-state index is 12.0. The largest absolute Gasteiger partial charge is 0.304 e. The van der Waals surface area contributed by atoms with E-state index in [1.165, 1.54) is 12.7 Å². The predicted molar refractivity (Wildman–Crippen MR) is 111 cm³/mol. The van der Waals surface area contributed by atoms with Crippen LogP contribution in [-0.2, 0) is 4.79 Å². The van der Waals surface area contributed by atoms with Gasteiger partial charge in [0, 0.05) is 37.5 Å². The van der Waals surface area contributed by atoms with Crippen LogP contribution >= 0.6 is 0 Å². The highest BCUT2D eigenvalue weighted by atomic mass is 16.1. The second-order valence-corrected chi connectivity index (χ2v) is 7.30. The number of nitrogens with one attached hydrogen (secondary N) is 2. The SMILES string of the molecule is CCCC(CC)C(=O)C1CNCNC1.CCCC(CC)C(=O)c1ncncn1. The van der Waals surface area contributed by atoms with Crippen molar-refractivity contribution >= 4 is 11.6 Å². The third kappa shape index (κ3) is 8.10. The molecule has 1 aromatic rings. The number of aromatic nitrogens is 3. The monoisotopic (exact) mass is 391 g/mol. The Morgan fingerprint density at radius 2 is 1.50 bits per heavy atom. The van der Waals surface area contributed by atoms with Gasteiger partial charge < -0.3 is 10.6 Å². The van der Waals surface area contributed by atoms with Crippen LogP contribution in [0.1, 0.15) is 76.8 Å². The van der Waals surface area contributed by atoms with Crippen molar-refractivity contribution in [2.75, 3.05) is 19.8 Å². The van der Waals surface area contributed by atoms with E-state index in [2.05, 4.69) is 46.4 Å². The molecule has 0 aromatic carbocycles. The lowest BCUT2D eigenvalue weighted by Gasteiger charge is -2.26. The highest BCUT2D eigenvalue weighted by Crippen LogP contribution is 2.17. The first-order chi connectivity index (χ1) is 13.6. The third-order valence-electron chi connectivity index (χ3n) is 5.18. The fourth-order valence-electron chi connectivity index (χ4n) is 3.50. The molecule has 2 N–H and O–H groups in total. The minimum Gasteiger partial charge on any atom is -0.304 e. The number of carbonyl (C=O) groups is 2. The average molecular weight is 392 g/mol. The fraction of sp³-hybridized carbons (Fsp3) is 0.762. The van der Waals surface area contributed by atoms with Gasteiger partial charge in [-0.05, 0) is 25.7 Å². The quantitative estimate of drug-likeness (QED) is 0.592. The van der Waals surface area contributed by atoms with Gasteiger partial charge in [-0.1, -0.05) is 40.5 Å². The van der Waals surface area contributed by atoms with Crippen molar-refractivity contribution in [3.63, 3.8) is 0 Å². The van der Waals surface area contributed by atoms with E-state index in [0.717, 1.165) is 58.3 Å². The summed E-state index contributed by atoms with van der Waals surface area (Å²) in [4.78, 5) is 35.3. The van der Waals surface area contributed by atoms with E-state index in [1.54, 1.807) is 0 Å². The number of rotatable bonds is 10. The van der Waals surface area contributed by atoms with Gasteiger partial charge >= 0.3 is 0 Å². The summed E-state index contributed by atoms with van der Waals surface area (Å²) in [5.74, 6) is 1.32. The van der Waals surface area contributed by atoms with E-state index in [9.17, 15) is 9.59 Å². The van der Waals surface area contributed by atoms with Crippen LogP contribution < -0.4 is 10.6 Å². The molecule has 0 aliphatic carbocycles. The first kappa shape index (κ1) is 24.3. The number of ketones is 2. The van der Waals surface area contributed by atoms with Gasteiger partial charge in [0.25, 0.3) is 0 Å². The van der Waals surface area contributed by atoms with E-state index in [0.29, 0.717) is 11.6 Å². The zero-order chi connectivity index (χ0) is 20.8. The number of carbonyl (C=O) groups excluding carboxylic acids is 2. The van der Waals surface area contributed by atoms with Crippen molar-refractivity contribution < 1.29 is 9.59 Å². The smallest absolute Gasteiger partial charge is 0.203 e. The standard InChI is InChI=1S/C11H22N2O.C10H15N3O/c1-3-5-9(4-2)11(14)10-6-12-8-13-7-10;1-3-5-8(4-2)9(14)10-12-6-11-7-13-10/h9-10,12-13H,3-8H2,1-2H3;6-8H,3-5H2,1-2H3. The van der Waals surface area contributed by atoms with Crippen LogP contribution in [0.5, 0.6) is 0 Å². The molecule has 7 nitrogen and oxygen atoms in total. The van der Waals surface area contributed by atoms with Crippen LogP contribution in [0.25, 0.3) is 0 Å². The van der Waals surface area contributed by atoms with E-state index in [-0.39, 0.29) is 23.5 Å². The summed E-state index contributed by atoms with van der Waals surface area (Å²) in [6.07, 6.45) is 8.62. The molecule has 2 heterocycles. The van der Waals surface area contributed by atoms with Crippen molar-refractivity contribution in [1.29, 1.82) is 0 Å². The second-order valence-electron chi connectivity index (χ2n) is 7.30. The summed E-state index contributed by atoms with van der Waals surface area (Å²) >= 11 is 0. The molecule has 0 saturated carbocycles. The molecule has 1 aliphatic rings. The average Bonchev–Trinajstić information content (AvgIpc) is 2.76. The van der Waals surface area contributed by atoms with Crippen LogP contribution in [0.4, 0.5) is 0 Å². The molecule has 0 amide bonds. The van der Waals surface area contributed by atoms with E-state index >= 15 is 0 Å². The number of hydrogen-bond acceptors (Lipinski definition) is 7. The molecular formula is C21H37N5O2. The van der Waals surface area contributed by atoms with Gasteiger partial charge in [-0.25, -0.2) is 15.0 Å². The van der Waals surface area contributed by atoms with Gasteiger partial charge in [0.2, 0.25) is 5.78 Å². The zero-order valence-corrected chi connectivity index (χ0v) is 17.9. The number of hydrogen-bond donors (Lipinski definition) is 2. The normalized spacial score (nSPS) is 16.6. The summed E-state index contributed by atoms with van der Waals surface area (Å²) in [7, 11) is 0. The molecule has 2 atom stereocenters. The summed E-state index contributed by atoms with van der Waals surface area (Å²) < 4.78 is 0. The van der Waals surface area contributed by atoms with Gasteiger partial charge in [0.15, 0.2) is 5.82 Å². The highest BCUT2D eigenvalue weighted by molar-refractivity contribution is 5.94. The molecule has 1 fully saturated rings. The second kappa shape index (κ2) is 14.3. The first-order valence-corrected chi connectivity index (χ1v) is 10.7. The molecule has 7 heteroatoms. The van der Waals surface area contributed by atoms with Gasteiger partial charge in [0.1, 0.15) is 18.4 Å². The Labute approximate surface area is 169 Å². The fourth-order valence-corrected chi connectivity index (χ4v) is 3.50. The molecule has 28 heavy (non-hydrogen) atoms. The lowest BCUT2D eigenvalue weighted by Crippen LogP contribution is -2.48. The van der Waals surface area contributed by atoms with Crippen LogP contribution in [0.3, 0.4) is 0 Å². The Kier molecular flexibility index (Phi) is 12.4. The van der Waals surface area contributed by atoms with Crippen LogP contribution in [0.15, 0.2) is 12.7 Å². The third-order valence-corrected chi connectivity index (χ3v) is 5.18. The van der Waals surface area contributed by atoms with Crippen molar-refractivity contribution in [3.8, 4) is 0 Å². The minimum absolute atomic E-state index is 0.0387. The molecule has 0 bridgehead atoms. The van der Waals surface area contributed by atoms with Gasteiger partial charge in [0.05, 0.1) is 0 Å². The number of Topliss-reactive ketones (excluding diaryl/α,β-unsaturated/α-hetero) is 2. The van der Waals surface area contributed by atoms with Crippen molar-refractivity contribution in [2.45, 2.75) is 66.2 Å². The maximum Gasteiger partial charge on any atom is 0.203 e. The molecule has 1 saturated heterocycles. The summed E-state index contributed by atoms with van der Waals surface area (Å²) in [6.45, 7) is 10.9. The van der Waals surface area contributed by atoms with Crippen molar-refractivity contribution in [3.05, 3.63) is 18.5 Å². The summed E-state index contributed by atoms with van der Waals surface area (Å²) in [6, 6.07) is 0. The highest BCUT2D eigenvalue weighted by Gasteiger charge is 2.26. The van der Waals surface area contributed by atoms with Crippen LogP contribution in [0.2, 0.25) is 0 Å². The Bertz CT molecular complexity index is 554. The maximum absolute atomic E-state index is 12.0. The van der Waals surface area contributed by atoms with Crippen molar-refractivity contribution in [2.24, 2.45) is 17.8 Å². The summed E-state index contributed by atoms with van der Waals surface area (Å²) in [5, 5.41) is 6.41. The van der Waals surface area contributed by atoms with E-state index in [1.807, 2.05) is 6.92 Å². The summed E-state index contributed by atoms with van der Waals surface area (Å²) in [5.41, 5.74) is 0. The molecule has 1 aliphatic heterocycles. The van der Waals surface area contributed by atoms with Crippen LogP contribution in [0, 0.1) is 17.8 Å². The molecule has 0 radical (unpaired) electrons. The van der Waals surface area contributed by atoms with Crippen molar-refractivity contribution in [1.82, 2.24) is 25.6 Å². The van der Waals surface area contributed by atoms with Gasteiger partial charge in [-0.2, -0.15) is 0 Å². The number of nitrogens with zero attached hydrogens (tertiary/aromatic N) is 3. The topological polar surface area (TPSA) is 96.9 Å². The minimum atomic E-state index is 0.0387. The molecule has 0 spiro atoms. The molecule has 1 aromatic heterocycles. The molecule has 2 unspecified atom stereocenters. The van der Waals surface area contributed by atoms with Gasteiger partial charge in [-0.3, -0.25) is 9.59 Å². The Balaban J connectivity index is 0.000000280. The Hall–Kier alpha value is -1.73. The van der Waals surface area contributed by atoms with Gasteiger partial charge in [-0.15, -0.1) is 0 Å².